The zero-order chi connectivity index (χ0) is 34.8. The molecule has 0 saturated heterocycles. The minimum atomic E-state index is -3.36. The van der Waals surface area contributed by atoms with Crippen molar-refractivity contribution in [1.82, 2.24) is 19.7 Å². The first-order valence-corrected chi connectivity index (χ1v) is 17.9. The number of aromatic nitrogens is 2. The number of alkyl carbamates (subject to hydrolysis) is 1. The zero-order valence-electron chi connectivity index (χ0n) is 27.6. The van der Waals surface area contributed by atoms with Crippen LogP contribution in [-0.4, -0.2) is 53.9 Å². The maximum Gasteiger partial charge on any atom is 0.407 e. The molecule has 1 aliphatic carbocycles. The lowest BCUT2D eigenvalue weighted by atomic mass is 9.91. The van der Waals surface area contributed by atoms with Crippen molar-refractivity contribution >= 4 is 50.4 Å². The van der Waals surface area contributed by atoms with Gasteiger partial charge in [0.2, 0.25) is 10.0 Å². The molecule has 0 radical (unpaired) electrons. The molecule has 1 fully saturated rings. The SMILES string of the molecule is Cc1ccc(CNS(C)(=O)=O)cc1-c1cc2c(N[C@H]3CC[C@H](NC(=O)OC(C)(C)C)CC3)c(C(N)=Nc3cc(F)ccc3Cl)cnn2c1. The Kier molecular flexibility index (Phi) is 10.3. The molecule has 14 heteroatoms. The average Bonchev–Trinajstić information content (AvgIpc) is 3.43. The number of rotatable bonds is 9. The Morgan fingerprint density at radius 1 is 1.12 bits per heavy atom. The summed E-state index contributed by atoms with van der Waals surface area (Å²) in [6.07, 6.45) is 7.24. The molecule has 0 unspecified atom stereocenters. The summed E-state index contributed by atoms with van der Waals surface area (Å²) >= 11 is 6.31. The number of carbonyl (C=O) groups excluding carboxylic acids is 1. The topological polar surface area (TPSA) is 152 Å². The van der Waals surface area contributed by atoms with Crippen LogP contribution in [0.5, 0.6) is 0 Å². The zero-order valence-corrected chi connectivity index (χ0v) is 29.2. The predicted octanol–water partition coefficient (Wildman–Crippen LogP) is 6.44. The maximum atomic E-state index is 14.1. The number of ether oxygens (including phenoxy) is 1. The number of nitrogens with zero attached hydrogens (tertiary/aromatic N) is 3. The van der Waals surface area contributed by atoms with Crippen molar-refractivity contribution in [3.8, 4) is 11.1 Å². The summed E-state index contributed by atoms with van der Waals surface area (Å²) in [4.78, 5) is 16.8. The van der Waals surface area contributed by atoms with E-state index in [2.05, 4.69) is 25.4 Å². The van der Waals surface area contributed by atoms with Gasteiger partial charge in [0.25, 0.3) is 0 Å². The Bertz CT molecular complexity index is 1970. The number of aliphatic imine (C=N–C) groups is 1. The first-order chi connectivity index (χ1) is 22.5. The van der Waals surface area contributed by atoms with Crippen LogP contribution in [0.25, 0.3) is 16.6 Å². The molecule has 2 aromatic heterocycles. The number of nitrogens with two attached hydrogens (primary N) is 1. The van der Waals surface area contributed by atoms with Crippen molar-refractivity contribution in [3.63, 3.8) is 0 Å². The van der Waals surface area contributed by atoms with Gasteiger partial charge < -0.3 is 21.1 Å². The number of halogens is 2. The normalized spacial score (nSPS) is 17.4. The second-order valence-corrected chi connectivity index (χ2v) is 15.4. The minimum absolute atomic E-state index is 0.0103. The molecule has 1 saturated carbocycles. The number of amides is 1. The molecule has 0 atom stereocenters. The van der Waals surface area contributed by atoms with E-state index in [0.717, 1.165) is 59.7 Å². The van der Waals surface area contributed by atoms with E-state index >= 15 is 0 Å². The van der Waals surface area contributed by atoms with Gasteiger partial charge in [-0.25, -0.2) is 31.8 Å². The van der Waals surface area contributed by atoms with Crippen LogP contribution < -0.4 is 21.1 Å². The number of fused-ring (bicyclic) bond motifs is 1. The summed E-state index contributed by atoms with van der Waals surface area (Å²) in [6.45, 7) is 7.65. The summed E-state index contributed by atoms with van der Waals surface area (Å²) in [6, 6.07) is 11.7. The molecule has 2 heterocycles. The van der Waals surface area contributed by atoms with Crippen LogP contribution in [0.2, 0.25) is 5.02 Å². The van der Waals surface area contributed by atoms with Crippen LogP contribution in [0, 0.1) is 12.7 Å². The van der Waals surface area contributed by atoms with Gasteiger partial charge in [0.15, 0.2) is 0 Å². The number of nitrogens with one attached hydrogen (secondary N) is 3. The lowest BCUT2D eigenvalue weighted by molar-refractivity contribution is 0.0492. The van der Waals surface area contributed by atoms with Gasteiger partial charge in [-0.1, -0.05) is 23.7 Å². The third-order valence-corrected chi connectivity index (χ3v) is 9.00. The van der Waals surface area contributed by atoms with Crippen molar-refractivity contribution in [3.05, 3.63) is 82.4 Å². The number of sulfonamides is 1. The van der Waals surface area contributed by atoms with Crippen LogP contribution in [-0.2, 0) is 21.3 Å². The molecule has 5 N–H and O–H groups in total. The van der Waals surface area contributed by atoms with Gasteiger partial charge in [-0.3, -0.25) is 0 Å². The smallest absolute Gasteiger partial charge is 0.407 e. The van der Waals surface area contributed by atoms with Crippen LogP contribution in [0.4, 0.5) is 20.6 Å². The molecular weight excluding hydrogens is 657 g/mol. The quantitative estimate of drug-likeness (QED) is 0.116. The molecule has 0 spiro atoms. The molecule has 11 nitrogen and oxygen atoms in total. The van der Waals surface area contributed by atoms with E-state index in [1.165, 1.54) is 18.2 Å². The molecule has 5 rings (SSSR count). The van der Waals surface area contributed by atoms with Crippen molar-refractivity contribution in [1.29, 1.82) is 0 Å². The molecule has 256 valence electrons. The van der Waals surface area contributed by atoms with E-state index < -0.39 is 27.5 Å². The van der Waals surface area contributed by atoms with Gasteiger partial charge in [-0.15, -0.1) is 0 Å². The van der Waals surface area contributed by atoms with E-state index in [9.17, 15) is 17.6 Å². The summed E-state index contributed by atoms with van der Waals surface area (Å²) in [5.74, 6) is -0.386. The summed E-state index contributed by atoms with van der Waals surface area (Å²) < 4.78 is 47.2. The van der Waals surface area contributed by atoms with E-state index in [4.69, 9.17) is 22.1 Å². The number of aryl methyl sites for hydroxylation is 1. The highest BCUT2D eigenvalue weighted by Gasteiger charge is 2.26. The van der Waals surface area contributed by atoms with Crippen LogP contribution >= 0.6 is 11.6 Å². The highest BCUT2D eigenvalue weighted by Crippen LogP contribution is 2.34. The summed E-state index contributed by atoms with van der Waals surface area (Å²) in [7, 11) is -3.36. The van der Waals surface area contributed by atoms with Gasteiger partial charge in [0.1, 0.15) is 17.3 Å². The van der Waals surface area contributed by atoms with Crippen molar-refractivity contribution < 1.29 is 22.3 Å². The molecule has 1 aliphatic rings. The van der Waals surface area contributed by atoms with E-state index in [1.54, 1.807) is 10.7 Å². The third kappa shape index (κ3) is 9.03. The standard InChI is InChI=1S/C34H41ClFN7O4S/c1-20-6-7-21(17-39-48(5,45)46)14-26(20)22-15-30-31(40-24-9-11-25(12-10-24)41-33(44)47-34(2,3)4)27(18-38-43(30)19-22)32(37)42-29-16-23(36)8-13-28(29)35/h6-8,13-16,18-19,24-25,39-40H,9-12,17H2,1-5H3,(H2,37,42)(H,41,44)/t24-,25-. The average molecular weight is 698 g/mol. The van der Waals surface area contributed by atoms with Gasteiger partial charge in [0.05, 0.1) is 39.9 Å². The Hall–Kier alpha value is -4.20. The monoisotopic (exact) mass is 697 g/mol. The van der Waals surface area contributed by atoms with Crippen LogP contribution in [0.15, 0.2) is 59.9 Å². The van der Waals surface area contributed by atoms with E-state index in [1.807, 2.05) is 58.2 Å². The molecule has 48 heavy (non-hydrogen) atoms. The fraction of sp³-hybridized carbons (Fsp3) is 0.382. The lowest BCUT2D eigenvalue weighted by Gasteiger charge is -2.31. The van der Waals surface area contributed by atoms with Crippen molar-refractivity contribution in [2.24, 2.45) is 10.7 Å². The third-order valence-electron chi connectivity index (χ3n) is 8.01. The summed E-state index contributed by atoms with van der Waals surface area (Å²) in [5, 5.41) is 11.5. The van der Waals surface area contributed by atoms with Crippen LogP contribution in [0.3, 0.4) is 0 Å². The molecule has 1 amide bonds. The Morgan fingerprint density at radius 3 is 2.52 bits per heavy atom. The summed E-state index contributed by atoms with van der Waals surface area (Å²) in [5.41, 5.74) is 11.7. The second-order valence-electron chi connectivity index (χ2n) is 13.2. The molecule has 0 bridgehead atoms. The highest BCUT2D eigenvalue weighted by atomic mass is 35.5. The first-order valence-electron chi connectivity index (χ1n) is 15.7. The van der Waals surface area contributed by atoms with E-state index in [-0.39, 0.29) is 35.2 Å². The largest absolute Gasteiger partial charge is 0.444 e. The fourth-order valence-corrected chi connectivity index (χ4v) is 6.27. The number of hydrogen-bond acceptors (Lipinski definition) is 7. The number of anilines is 1. The van der Waals surface area contributed by atoms with Crippen molar-refractivity contribution in [2.45, 2.75) is 77.6 Å². The Morgan fingerprint density at radius 2 is 1.83 bits per heavy atom. The first kappa shape index (κ1) is 35.1. The Balaban J connectivity index is 1.49. The number of carbonyl (C=O) groups is 1. The van der Waals surface area contributed by atoms with Gasteiger partial charge >= 0.3 is 6.09 Å². The van der Waals surface area contributed by atoms with Gasteiger partial charge in [-0.05, 0) is 94.3 Å². The maximum absolute atomic E-state index is 14.1. The number of hydrogen-bond donors (Lipinski definition) is 4. The fourth-order valence-electron chi connectivity index (χ4n) is 5.68. The van der Waals surface area contributed by atoms with E-state index in [0.29, 0.717) is 11.3 Å². The Labute approximate surface area is 285 Å². The lowest BCUT2D eigenvalue weighted by Crippen LogP contribution is -2.42. The molecule has 0 aliphatic heterocycles. The van der Waals surface area contributed by atoms with Gasteiger partial charge in [0, 0.05) is 36.5 Å². The number of amidine groups is 1. The second kappa shape index (κ2) is 14.1. The minimum Gasteiger partial charge on any atom is -0.444 e. The molecule has 2 aromatic carbocycles. The van der Waals surface area contributed by atoms with Crippen LogP contribution in [0.1, 0.15) is 63.1 Å². The molecule has 4 aromatic rings. The predicted molar refractivity (Wildman–Crippen MR) is 188 cm³/mol. The molecular formula is C34H41ClFN7O4S. The number of benzene rings is 2. The highest BCUT2D eigenvalue weighted by molar-refractivity contribution is 7.88. The van der Waals surface area contributed by atoms with Crippen molar-refractivity contribution in [2.75, 3.05) is 11.6 Å². The van der Waals surface area contributed by atoms with Gasteiger partial charge in [-0.2, -0.15) is 5.10 Å².